The molecule has 0 N–H and O–H groups in total. The molecule has 9 heteroatoms. The van der Waals surface area contributed by atoms with Crippen molar-refractivity contribution in [2.45, 2.75) is 6.18 Å². The normalized spacial score (nSPS) is 15.1. The van der Waals surface area contributed by atoms with E-state index in [-0.39, 0.29) is 11.3 Å². The number of ether oxygens (including phenoxy) is 2. The van der Waals surface area contributed by atoms with Crippen molar-refractivity contribution in [3.63, 3.8) is 0 Å². The summed E-state index contributed by atoms with van der Waals surface area (Å²) in [7, 11) is 2.18. The number of hydrogen-bond donors (Lipinski definition) is 0. The molecule has 0 saturated carbocycles. The van der Waals surface area contributed by atoms with Crippen LogP contribution in [-0.4, -0.2) is 58.5 Å². The Bertz CT molecular complexity index is 628. The van der Waals surface area contributed by atoms with Crippen LogP contribution in [-0.2, 0) is 14.3 Å². The van der Waals surface area contributed by atoms with Crippen LogP contribution >= 0.6 is 0 Å². The van der Waals surface area contributed by atoms with Crippen molar-refractivity contribution in [2.24, 2.45) is 0 Å². The van der Waals surface area contributed by atoms with Crippen molar-refractivity contribution in [1.29, 1.82) is 0 Å². The van der Waals surface area contributed by atoms with Gasteiger partial charge in [0.05, 0.1) is 31.6 Å². The van der Waals surface area contributed by atoms with Crippen LogP contribution in [0, 0.1) is 0 Å². The van der Waals surface area contributed by atoms with Crippen molar-refractivity contribution in [2.75, 3.05) is 50.3 Å². The van der Waals surface area contributed by atoms with Crippen LogP contribution in [0.3, 0.4) is 0 Å². The first-order valence-corrected chi connectivity index (χ1v) is 7.15. The van der Waals surface area contributed by atoms with Gasteiger partial charge in [0, 0.05) is 25.8 Å². The maximum Gasteiger partial charge on any atom is 0.471 e. The van der Waals surface area contributed by atoms with E-state index in [4.69, 9.17) is 9.47 Å². The van der Waals surface area contributed by atoms with Crippen LogP contribution in [0.25, 0.3) is 0 Å². The fourth-order valence-corrected chi connectivity index (χ4v) is 2.39. The van der Waals surface area contributed by atoms with Crippen LogP contribution in [0.15, 0.2) is 18.2 Å². The van der Waals surface area contributed by atoms with Crippen LogP contribution in [0.2, 0.25) is 0 Å². The number of alkyl halides is 3. The van der Waals surface area contributed by atoms with Crippen molar-refractivity contribution in [3.05, 3.63) is 23.8 Å². The van der Waals surface area contributed by atoms with E-state index in [0.717, 1.165) is 7.05 Å². The molecule has 1 amide bonds. The molecule has 1 aliphatic rings. The number of anilines is 2. The van der Waals surface area contributed by atoms with Crippen LogP contribution in [0.5, 0.6) is 0 Å². The predicted molar refractivity (Wildman–Crippen MR) is 80.3 cm³/mol. The summed E-state index contributed by atoms with van der Waals surface area (Å²) in [5, 5.41) is 0. The van der Waals surface area contributed by atoms with E-state index in [1.54, 1.807) is 0 Å². The lowest BCUT2D eigenvalue weighted by molar-refractivity contribution is -0.170. The zero-order valence-electron chi connectivity index (χ0n) is 13.2. The zero-order chi connectivity index (χ0) is 17.9. The van der Waals surface area contributed by atoms with Crippen LogP contribution in [0.1, 0.15) is 10.4 Å². The van der Waals surface area contributed by atoms with Gasteiger partial charge in [-0.1, -0.05) is 0 Å². The third-order valence-corrected chi connectivity index (χ3v) is 3.67. The molecule has 24 heavy (non-hydrogen) atoms. The highest BCUT2D eigenvalue weighted by Gasteiger charge is 2.42. The molecule has 2 rings (SSSR count). The van der Waals surface area contributed by atoms with E-state index < -0.39 is 18.1 Å². The summed E-state index contributed by atoms with van der Waals surface area (Å²) in [6.45, 7) is 2.05. The Balaban J connectivity index is 2.39. The first-order valence-electron chi connectivity index (χ1n) is 7.15. The highest BCUT2D eigenvalue weighted by atomic mass is 19.4. The average Bonchev–Trinajstić information content (AvgIpc) is 2.59. The Hall–Kier alpha value is -2.29. The van der Waals surface area contributed by atoms with Crippen molar-refractivity contribution >= 4 is 23.3 Å². The third-order valence-electron chi connectivity index (χ3n) is 3.67. The molecule has 0 atom stereocenters. The van der Waals surface area contributed by atoms with Gasteiger partial charge in [-0.25, -0.2) is 4.79 Å². The van der Waals surface area contributed by atoms with E-state index >= 15 is 0 Å². The number of methoxy groups -OCH3 is 1. The molecule has 1 saturated heterocycles. The van der Waals surface area contributed by atoms with Gasteiger partial charge < -0.3 is 19.3 Å². The number of hydrogen-bond acceptors (Lipinski definition) is 5. The standard InChI is InChI=1S/C15H17F3N2O4/c1-19(14(22)15(16,17)18)10-3-4-12(11(9-10)13(21)23-2)20-5-7-24-8-6-20/h3-4,9H,5-8H2,1-2H3. The second-order valence-corrected chi connectivity index (χ2v) is 5.15. The Labute approximate surface area is 136 Å². The molecule has 1 heterocycles. The molecule has 1 aromatic rings. The smallest absolute Gasteiger partial charge is 0.465 e. The fourth-order valence-electron chi connectivity index (χ4n) is 2.39. The molecular weight excluding hydrogens is 329 g/mol. The number of halogens is 3. The highest BCUT2D eigenvalue weighted by Crippen LogP contribution is 2.29. The van der Waals surface area contributed by atoms with E-state index in [2.05, 4.69) is 0 Å². The van der Waals surface area contributed by atoms with Crippen LogP contribution < -0.4 is 9.80 Å². The summed E-state index contributed by atoms with van der Waals surface area (Å²) in [5.41, 5.74) is 0.579. The van der Waals surface area contributed by atoms with Crippen molar-refractivity contribution < 1.29 is 32.2 Å². The molecule has 132 valence electrons. The second kappa shape index (κ2) is 7.08. The monoisotopic (exact) mass is 346 g/mol. The van der Waals surface area contributed by atoms with Gasteiger partial charge in [0.15, 0.2) is 0 Å². The van der Waals surface area contributed by atoms with Gasteiger partial charge in [0.2, 0.25) is 0 Å². The van der Waals surface area contributed by atoms with Gasteiger partial charge in [-0.15, -0.1) is 0 Å². The van der Waals surface area contributed by atoms with E-state index in [9.17, 15) is 22.8 Å². The molecule has 1 fully saturated rings. The van der Waals surface area contributed by atoms with Gasteiger partial charge in [-0.2, -0.15) is 13.2 Å². The van der Waals surface area contributed by atoms with Gasteiger partial charge in [-0.3, -0.25) is 4.79 Å². The molecule has 1 aliphatic heterocycles. The Morgan fingerprint density at radius 1 is 1.25 bits per heavy atom. The first-order chi connectivity index (χ1) is 11.3. The molecule has 6 nitrogen and oxygen atoms in total. The number of carbonyl (C=O) groups excluding carboxylic acids is 2. The molecule has 0 unspecified atom stereocenters. The lowest BCUT2D eigenvalue weighted by atomic mass is 10.1. The molecule has 0 aliphatic carbocycles. The van der Waals surface area contributed by atoms with Gasteiger partial charge in [-0.05, 0) is 18.2 Å². The molecule has 0 bridgehead atoms. The number of carbonyl (C=O) groups is 2. The predicted octanol–water partition coefficient (Wildman–Crippen LogP) is 1.83. The summed E-state index contributed by atoms with van der Waals surface area (Å²) in [5.74, 6) is -2.70. The lowest BCUT2D eigenvalue weighted by Gasteiger charge is -2.30. The molecule has 0 aromatic heterocycles. The van der Waals surface area contributed by atoms with Gasteiger partial charge in [0.25, 0.3) is 0 Å². The summed E-state index contributed by atoms with van der Waals surface area (Å²) in [6.07, 6.45) is -5.00. The quantitative estimate of drug-likeness (QED) is 0.782. The maximum atomic E-state index is 12.6. The SMILES string of the molecule is COC(=O)c1cc(N(C)C(=O)C(F)(F)F)ccc1N1CCOCC1. The Kier molecular flexibility index (Phi) is 5.33. The molecular formula is C15H17F3N2O4. The van der Waals surface area contributed by atoms with Crippen molar-refractivity contribution in [3.8, 4) is 0 Å². The summed E-state index contributed by atoms with van der Waals surface area (Å²) >= 11 is 0. The topological polar surface area (TPSA) is 59.1 Å². The van der Waals surface area contributed by atoms with Crippen molar-refractivity contribution in [1.82, 2.24) is 0 Å². The summed E-state index contributed by atoms with van der Waals surface area (Å²) in [6, 6.07) is 4.09. The average molecular weight is 346 g/mol. The number of rotatable bonds is 3. The fraction of sp³-hybridized carbons (Fsp3) is 0.467. The molecule has 0 radical (unpaired) electrons. The second-order valence-electron chi connectivity index (χ2n) is 5.15. The summed E-state index contributed by atoms with van der Waals surface area (Å²) in [4.78, 5) is 25.7. The highest BCUT2D eigenvalue weighted by molar-refractivity contribution is 6.01. The number of amides is 1. The Morgan fingerprint density at radius 2 is 1.88 bits per heavy atom. The zero-order valence-corrected chi connectivity index (χ0v) is 13.2. The number of esters is 1. The number of benzene rings is 1. The first kappa shape index (κ1) is 18.1. The van der Waals surface area contributed by atoms with E-state index in [0.29, 0.717) is 36.9 Å². The van der Waals surface area contributed by atoms with Crippen LogP contribution in [0.4, 0.5) is 24.5 Å². The minimum Gasteiger partial charge on any atom is -0.465 e. The van der Waals surface area contributed by atoms with E-state index in [1.165, 1.54) is 25.3 Å². The minimum absolute atomic E-state index is 0.0465. The summed E-state index contributed by atoms with van der Waals surface area (Å²) < 4.78 is 47.7. The van der Waals surface area contributed by atoms with E-state index in [1.807, 2.05) is 4.90 Å². The molecule has 0 spiro atoms. The van der Waals surface area contributed by atoms with Gasteiger partial charge in [0.1, 0.15) is 0 Å². The molecule has 1 aromatic carbocycles. The Morgan fingerprint density at radius 3 is 2.42 bits per heavy atom. The van der Waals surface area contributed by atoms with Gasteiger partial charge >= 0.3 is 18.1 Å². The minimum atomic E-state index is -5.00. The third kappa shape index (κ3) is 3.78. The lowest BCUT2D eigenvalue weighted by Crippen LogP contribution is -2.39. The largest absolute Gasteiger partial charge is 0.471 e. The number of nitrogens with zero attached hydrogens (tertiary/aromatic N) is 2. The maximum absolute atomic E-state index is 12.6. The number of morpholine rings is 1.